The molecule has 0 saturated carbocycles. The maximum atomic E-state index is 5.26. The first-order chi connectivity index (χ1) is 34.2. The third kappa shape index (κ3) is 6.25. The van der Waals surface area contributed by atoms with Crippen LogP contribution in [0.1, 0.15) is 0 Å². The van der Waals surface area contributed by atoms with Gasteiger partial charge in [0.15, 0.2) is 5.82 Å². The molecule has 0 aliphatic rings. The Labute approximate surface area is 398 Å². The Morgan fingerprint density at radius 2 is 0.638 bits per heavy atom. The lowest BCUT2D eigenvalue weighted by atomic mass is 9.98. The van der Waals surface area contributed by atoms with E-state index in [0.29, 0.717) is 5.82 Å². The van der Waals surface area contributed by atoms with E-state index in [9.17, 15) is 0 Å². The highest BCUT2D eigenvalue weighted by Gasteiger charge is 2.22. The first-order valence-electron chi connectivity index (χ1n) is 23.5. The Hall–Kier alpha value is -9.32. The highest BCUT2D eigenvalue weighted by atomic mass is 15.0. The van der Waals surface area contributed by atoms with Gasteiger partial charge >= 0.3 is 0 Å². The molecular formula is C64H41N5. The Morgan fingerprint density at radius 3 is 1.12 bits per heavy atom. The van der Waals surface area contributed by atoms with E-state index in [-0.39, 0.29) is 0 Å². The molecule has 0 N–H and O–H groups in total. The average Bonchev–Trinajstić information content (AvgIpc) is 4.06. The number of hydrogen-bond donors (Lipinski definition) is 0. The van der Waals surface area contributed by atoms with Crippen molar-refractivity contribution in [1.82, 2.24) is 23.7 Å². The molecule has 14 rings (SSSR count). The van der Waals surface area contributed by atoms with Crippen molar-refractivity contribution in [3.05, 3.63) is 249 Å². The van der Waals surface area contributed by atoms with E-state index in [4.69, 9.17) is 9.97 Å². The standard InChI is InChI=1S/C64H41N5/c1-4-18-42(19-5-1)52-38-45(56-41-55(43-20-6-2-7-21-43)65-64(66-56)44-22-8-3-9-23-44)32-35-61(52)69-62-36-33-46(67-57-28-14-10-24-48(57)49-25-11-15-29-58(49)67)39-53(62)54-40-47(34-37-63(54)69)68-59-30-16-12-26-50(59)51-27-13-17-31-60(51)68/h1-41H. The first kappa shape index (κ1) is 38.9. The molecule has 0 unspecified atom stereocenters. The molecule has 10 aromatic carbocycles. The van der Waals surface area contributed by atoms with Crippen LogP contribution in [0.3, 0.4) is 0 Å². The van der Waals surface area contributed by atoms with E-state index in [2.05, 4.69) is 238 Å². The maximum absolute atomic E-state index is 5.26. The molecule has 69 heavy (non-hydrogen) atoms. The van der Waals surface area contributed by atoms with E-state index >= 15 is 0 Å². The molecule has 0 fully saturated rings. The normalized spacial score (nSPS) is 11.8. The van der Waals surface area contributed by atoms with Crippen molar-refractivity contribution in [3.63, 3.8) is 0 Å². The van der Waals surface area contributed by atoms with Gasteiger partial charge in [-0.15, -0.1) is 0 Å². The lowest BCUT2D eigenvalue weighted by molar-refractivity contribution is 1.16. The van der Waals surface area contributed by atoms with Crippen LogP contribution >= 0.6 is 0 Å². The minimum atomic E-state index is 0.692. The van der Waals surface area contributed by atoms with E-state index in [1.54, 1.807) is 0 Å². The summed E-state index contributed by atoms with van der Waals surface area (Å²) in [6.07, 6.45) is 0. The van der Waals surface area contributed by atoms with Gasteiger partial charge in [-0.25, -0.2) is 9.97 Å². The number of rotatable bonds is 7. The van der Waals surface area contributed by atoms with Gasteiger partial charge in [-0.3, -0.25) is 0 Å². The Balaban J connectivity index is 1.04. The van der Waals surface area contributed by atoms with Crippen molar-refractivity contribution >= 4 is 65.4 Å². The van der Waals surface area contributed by atoms with Crippen molar-refractivity contribution in [2.24, 2.45) is 0 Å². The van der Waals surface area contributed by atoms with Gasteiger partial charge in [-0.2, -0.15) is 0 Å². The van der Waals surface area contributed by atoms with Crippen LogP contribution < -0.4 is 0 Å². The number of aromatic nitrogens is 5. The Morgan fingerprint density at radius 1 is 0.246 bits per heavy atom. The molecule has 0 saturated heterocycles. The molecular weight excluding hydrogens is 839 g/mol. The number of nitrogens with zero attached hydrogens (tertiary/aromatic N) is 5. The van der Waals surface area contributed by atoms with Gasteiger partial charge < -0.3 is 13.7 Å². The van der Waals surface area contributed by atoms with Gasteiger partial charge in [0.1, 0.15) is 0 Å². The molecule has 0 bridgehead atoms. The summed E-state index contributed by atoms with van der Waals surface area (Å²) in [5, 5.41) is 7.32. The summed E-state index contributed by atoms with van der Waals surface area (Å²) in [4.78, 5) is 10.4. The van der Waals surface area contributed by atoms with Gasteiger partial charge in [0, 0.05) is 65.9 Å². The largest absolute Gasteiger partial charge is 0.309 e. The molecule has 0 radical (unpaired) electrons. The predicted octanol–water partition coefficient (Wildman–Crippen LogP) is 16.4. The van der Waals surface area contributed by atoms with E-state index in [0.717, 1.165) is 67.3 Å². The smallest absolute Gasteiger partial charge is 0.160 e. The fourth-order valence-electron chi connectivity index (χ4n) is 10.7. The number of benzene rings is 10. The molecule has 14 aromatic rings. The lowest BCUT2D eigenvalue weighted by Crippen LogP contribution is -2.00. The second kappa shape index (κ2) is 15.7. The monoisotopic (exact) mass is 879 g/mol. The highest BCUT2D eigenvalue weighted by Crippen LogP contribution is 2.42. The molecule has 4 aromatic heterocycles. The second-order valence-corrected chi connectivity index (χ2v) is 17.8. The zero-order chi connectivity index (χ0) is 45.4. The van der Waals surface area contributed by atoms with Crippen LogP contribution in [0.5, 0.6) is 0 Å². The number of para-hydroxylation sites is 4. The molecule has 0 aliphatic heterocycles. The summed E-state index contributed by atoms with van der Waals surface area (Å²) in [6, 6.07) is 89.4. The van der Waals surface area contributed by atoms with Crippen molar-refractivity contribution in [3.8, 4) is 62.1 Å². The van der Waals surface area contributed by atoms with Crippen LogP contribution in [0.4, 0.5) is 0 Å². The second-order valence-electron chi connectivity index (χ2n) is 17.8. The summed E-state index contributed by atoms with van der Waals surface area (Å²) >= 11 is 0. The van der Waals surface area contributed by atoms with E-state index < -0.39 is 0 Å². The maximum Gasteiger partial charge on any atom is 0.160 e. The third-order valence-corrected chi connectivity index (χ3v) is 13.9. The van der Waals surface area contributed by atoms with Gasteiger partial charge in [0.2, 0.25) is 0 Å². The van der Waals surface area contributed by atoms with Gasteiger partial charge in [-0.05, 0) is 84.4 Å². The molecule has 0 atom stereocenters. The van der Waals surface area contributed by atoms with Crippen LogP contribution in [0.15, 0.2) is 249 Å². The highest BCUT2D eigenvalue weighted by molar-refractivity contribution is 6.14. The van der Waals surface area contributed by atoms with Crippen LogP contribution in [0.25, 0.3) is 128 Å². The predicted molar refractivity (Wildman–Crippen MR) is 287 cm³/mol. The third-order valence-electron chi connectivity index (χ3n) is 13.9. The fourth-order valence-corrected chi connectivity index (χ4v) is 10.7. The molecule has 5 heteroatoms. The van der Waals surface area contributed by atoms with Crippen LogP contribution in [0.2, 0.25) is 0 Å². The quantitative estimate of drug-likeness (QED) is 0.160. The van der Waals surface area contributed by atoms with Crippen molar-refractivity contribution in [2.45, 2.75) is 0 Å². The molecule has 0 spiro atoms. The average molecular weight is 880 g/mol. The van der Waals surface area contributed by atoms with E-state index in [1.165, 1.54) is 54.4 Å². The topological polar surface area (TPSA) is 40.6 Å². The SMILES string of the molecule is c1ccc(-c2cc(-c3ccc(-n4c5ccc(-n6c7ccccc7c7ccccc76)cc5c5cc(-n6c7ccccc7c7ccccc76)ccc54)c(-c4ccccc4)c3)nc(-c3ccccc3)n2)cc1. The Kier molecular flexibility index (Phi) is 8.83. The minimum absolute atomic E-state index is 0.692. The van der Waals surface area contributed by atoms with Gasteiger partial charge in [0.25, 0.3) is 0 Å². The van der Waals surface area contributed by atoms with Crippen molar-refractivity contribution in [2.75, 3.05) is 0 Å². The first-order valence-corrected chi connectivity index (χ1v) is 23.5. The zero-order valence-electron chi connectivity index (χ0n) is 37.4. The summed E-state index contributed by atoms with van der Waals surface area (Å²) < 4.78 is 7.31. The fraction of sp³-hybridized carbons (Fsp3) is 0. The summed E-state index contributed by atoms with van der Waals surface area (Å²) in [6.45, 7) is 0. The van der Waals surface area contributed by atoms with Crippen molar-refractivity contribution in [1.29, 1.82) is 0 Å². The van der Waals surface area contributed by atoms with Gasteiger partial charge in [-0.1, -0.05) is 170 Å². The molecule has 322 valence electrons. The number of hydrogen-bond acceptors (Lipinski definition) is 2. The van der Waals surface area contributed by atoms with Crippen LogP contribution in [-0.4, -0.2) is 23.7 Å². The van der Waals surface area contributed by atoms with Crippen LogP contribution in [-0.2, 0) is 0 Å². The van der Waals surface area contributed by atoms with Crippen LogP contribution in [0, 0.1) is 0 Å². The van der Waals surface area contributed by atoms with Gasteiger partial charge in [0.05, 0.1) is 50.2 Å². The van der Waals surface area contributed by atoms with Crippen molar-refractivity contribution < 1.29 is 0 Å². The molecule has 0 aliphatic carbocycles. The zero-order valence-corrected chi connectivity index (χ0v) is 37.4. The Bertz CT molecular complexity index is 3960. The number of fused-ring (bicyclic) bond motifs is 9. The summed E-state index contributed by atoms with van der Waals surface area (Å²) in [5.74, 6) is 0.692. The van der Waals surface area contributed by atoms with E-state index in [1.807, 2.05) is 24.3 Å². The molecule has 4 heterocycles. The lowest BCUT2D eigenvalue weighted by Gasteiger charge is -2.17. The molecule has 5 nitrogen and oxygen atoms in total. The minimum Gasteiger partial charge on any atom is -0.309 e. The summed E-state index contributed by atoms with van der Waals surface area (Å²) in [7, 11) is 0. The summed E-state index contributed by atoms with van der Waals surface area (Å²) in [5.41, 5.74) is 17.3. The molecule has 0 amide bonds.